The fraction of sp³-hybridized carbons (Fsp3) is 0.263. The van der Waals surface area contributed by atoms with Crippen LogP contribution in [0.3, 0.4) is 0 Å². The van der Waals surface area contributed by atoms with Crippen LogP contribution in [0.5, 0.6) is 0 Å². The predicted octanol–water partition coefficient (Wildman–Crippen LogP) is 2.82. The van der Waals surface area contributed by atoms with Crippen LogP contribution in [0.1, 0.15) is 18.1 Å². The molecule has 0 saturated carbocycles. The van der Waals surface area contributed by atoms with Gasteiger partial charge in [0.1, 0.15) is 5.60 Å². The molecular weight excluding hydrogens is 302 g/mol. The smallest absolute Gasteiger partial charge is 0.219 e. The lowest BCUT2D eigenvalue weighted by Crippen LogP contribution is -2.60. The second-order valence-electron chi connectivity index (χ2n) is 6.66. The van der Waals surface area contributed by atoms with Gasteiger partial charge in [0.25, 0.3) is 0 Å². The van der Waals surface area contributed by atoms with Crippen molar-refractivity contribution in [3.8, 4) is 11.1 Å². The highest BCUT2D eigenvalue weighted by atomic mass is 16.5. The third kappa shape index (κ3) is 1.79. The number of rotatable bonds is 1. The average molecular weight is 319 g/mol. The Morgan fingerprint density at radius 3 is 3.00 bits per heavy atom. The molecule has 2 aliphatic rings. The summed E-state index contributed by atoms with van der Waals surface area (Å²) in [4.78, 5) is 20.9. The first-order valence-corrected chi connectivity index (χ1v) is 8.11. The highest BCUT2D eigenvalue weighted by molar-refractivity contribution is 5.93. The minimum absolute atomic E-state index is 0.110. The number of carbonyl (C=O) groups excluding carboxylic acids is 1. The zero-order valence-corrected chi connectivity index (χ0v) is 13.4. The van der Waals surface area contributed by atoms with Gasteiger partial charge < -0.3 is 14.6 Å². The highest BCUT2D eigenvalue weighted by Crippen LogP contribution is 2.44. The van der Waals surface area contributed by atoms with E-state index in [2.05, 4.69) is 28.2 Å². The molecule has 0 bridgehead atoms. The van der Waals surface area contributed by atoms with Gasteiger partial charge in [-0.1, -0.05) is 12.1 Å². The first-order chi connectivity index (χ1) is 11.7. The number of amides is 1. The molecule has 5 nitrogen and oxygen atoms in total. The first-order valence-electron chi connectivity index (χ1n) is 8.11. The molecule has 5 rings (SSSR count). The van der Waals surface area contributed by atoms with Gasteiger partial charge in [-0.05, 0) is 28.8 Å². The Labute approximate surface area is 139 Å². The van der Waals surface area contributed by atoms with E-state index in [1.807, 2.05) is 29.6 Å². The molecule has 0 unspecified atom stereocenters. The number of aromatic amines is 1. The topological polar surface area (TPSA) is 58.2 Å². The zero-order chi connectivity index (χ0) is 16.3. The Hall–Kier alpha value is -2.66. The summed E-state index contributed by atoms with van der Waals surface area (Å²) in [7, 11) is 0. The largest absolute Gasteiger partial charge is 0.362 e. The number of likely N-dealkylation sites (tertiary alicyclic amines) is 1. The van der Waals surface area contributed by atoms with E-state index in [9.17, 15) is 4.79 Å². The Bertz CT molecular complexity index is 970. The van der Waals surface area contributed by atoms with E-state index in [0.717, 1.165) is 22.0 Å². The molecule has 0 aliphatic carbocycles. The lowest BCUT2D eigenvalue weighted by atomic mass is 9.84. The van der Waals surface area contributed by atoms with Crippen LogP contribution in [-0.2, 0) is 21.7 Å². The maximum absolute atomic E-state index is 11.5. The summed E-state index contributed by atoms with van der Waals surface area (Å²) in [5.41, 5.74) is 5.47. The molecule has 1 amide bonds. The molecule has 3 aromatic rings. The van der Waals surface area contributed by atoms with Gasteiger partial charge in [-0.25, -0.2) is 0 Å². The van der Waals surface area contributed by atoms with Crippen LogP contribution in [0, 0.1) is 0 Å². The Morgan fingerprint density at radius 1 is 1.29 bits per heavy atom. The highest BCUT2D eigenvalue weighted by Gasteiger charge is 2.50. The Morgan fingerprint density at radius 2 is 2.17 bits per heavy atom. The maximum atomic E-state index is 11.5. The molecule has 2 aromatic heterocycles. The van der Waals surface area contributed by atoms with E-state index in [4.69, 9.17) is 4.74 Å². The van der Waals surface area contributed by atoms with Gasteiger partial charge in [0.05, 0.1) is 25.2 Å². The number of benzene rings is 1. The van der Waals surface area contributed by atoms with E-state index in [1.165, 1.54) is 11.1 Å². The fourth-order valence-electron chi connectivity index (χ4n) is 3.87. The van der Waals surface area contributed by atoms with Crippen LogP contribution in [-0.4, -0.2) is 33.9 Å². The number of hydrogen-bond donors (Lipinski definition) is 1. The lowest BCUT2D eigenvalue weighted by molar-refractivity contribution is -0.166. The summed E-state index contributed by atoms with van der Waals surface area (Å²) in [6.07, 6.45) is 5.70. The van der Waals surface area contributed by atoms with Crippen molar-refractivity contribution in [2.75, 3.05) is 13.1 Å². The van der Waals surface area contributed by atoms with E-state index < -0.39 is 0 Å². The van der Waals surface area contributed by atoms with Crippen LogP contribution in [0.4, 0.5) is 0 Å². The van der Waals surface area contributed by atoms with Crippen molar-refractivity contribution in [3.05, 3.63) is 54.0 Å². The zero-order valence-electron chi connectivity index (χ0n) is 13.4. The van der Waals surface area contributed by atoms with Crippen LogP contribution < -0.4 is 0 Å². The summed E-state index contributed by atoms with van der Waals surface area (Å²) in [5, 5.41) is 1.11. The Balaban J connectivity index is 1.54. The van der Waals surface area contributed by atoms with Gasteiger partial charge >= 0.3 is 0 Å². The number of nitrogens with zero attached hydrogens (tertiary/aromatic N) is 2. The minimum atomic E-state index is -0.295. The first kappa shape index (κ1) is 13.7. The second-order valence-corrected chi connectivity index (χ2v) is 6.66. The number of hydrogen-bond acceptors (Lipinski definition) is 3. The van der Waals surface area contributed by atoms with Gasteiger partial charge in [0.2, 0.25) is 5.91 Å². The van der Waals surface area contributed by atoms with E-state index in [-0.39, 0.29) is 11.5 Å². The molecule has 1 saturated heterocycles. The molecule has 1 aromatic carbocycles. The van der Waals surface area contributed by atoms with E-state index in [0.29, 0.717) is 19.7 Å². The quantitative estimate of drug-likeness (QED) is 0.750. The molecule has 0 atom stereocenters. The predicted molar refractivity (Wildman–Crippen MR) is 90.3 cm³/mol. The molecule has 4 heterocycles. The second kappa shape index (κ2) is 4.68. The lowest BCUT2D eigenvalue weighted by Gasteiger charge is -2.47. The molecule has 24 heavy (non-hydrogen) atoms. The Kier molecular flexibility index (Phi) is 2.68. The van der Waals surface area contributed by atoms with Gasteiger partial charge in [-0.15, -0.1) is 0 Å². The molecular formula is C19H17N3O2. The van der Waals surface area contributed by atoms with Crippen molar-refractivity contribution < 1.29 is 9.53 Å². The monoisotopic (exact) mass is 319 g/mol. The van der Waals surface area contributed by atoms with Gasteiger partial charge in [-0.3, -0.25) is 9.78 Å². The summed E-state index contributed by atoms with van der Waals surface area (Å²) in [6, 6.07) is 8.50. The van der Waals surface area contributed by atoms with Crippen LogP contribution >= 0.6 is 0 Å². The van der Waals surface area contributed by atoms with Crippen molar-refractivity contribution >= 4 is 16.8 Å². The standard InChI is InChI=1S/C19H17N3O2/c1-12(23)22-10-19(11-22)17-3-2-13(6-15(17)9-24-19)16-8-20-7-14-4-5-21-18(14)16/h2-8,21H,9-11H2,1H3. The number of aromatic nitrogens is 2. The molecule has 5 heteroatoms. The molecule has 1 spiro atoms. The molecule has 1 fully saturated rings. The summed E-state index contributed by atoms with van der Waals surface area (Å²) in [6.45, 7) is 3.52. The van der Waals surface area contributed by atoms with Crippen molar-refractivity contribution in [1.29, 1.82) is 0 Å². The molecule has 0 radical (unpaired) electrons. The van der Waals surface area contributed by atoms with Crippen LogP contribution in [0.15, 0.2) is 42.9 Å². The normalized spacial score (nSPS) is 18.0. The number of carbonyl (C=O) groups is 1. The number of fused-ring (bicyclic) bond motifs is 3. The van der Waals surface area contributed by atoms with Gasteiger partial charge in [0.15, 0.2) is 0 Å². The summed E-state index contributed by atoms with van der Waals surface area (Å²) in [5.74, 6) is 0.110. The number of H-pyrrole nitrogens is 1. The van der Waals surface area contributed by atoms with Crippen molar-refractivity contribution in [3.63, 3.8) is 0 Å². The summed E-state index contributed by atoms with van der Waals surface area (Å²) >= 11 is 0. The maximum Gasteiger partial charge on any atom is 0.219 e. The van der Waals surface area contributed by atoms with Crippen LogP contribution in [0.25, 0.3) is 22.0 Å². The third-order valence-electron chi connectivity index (χ3n) is 5.21. The van der Waals surface area contributed by atoms with Gasteiger partial charge in [0, 0.05) is 36.5 Å². The average Bonchev–Trinajstić information content (AvgIpc) is 3.16. The number of ether oxygens (including phenoxy) is 1. The number of pyridine rings is 1. The minimum Gasteiger partial charge on any atom is -0.362 e. The van der Waals surface area contributed by atoms with E-state index >= 15 is 0 Å². The van der Waals surface area contributed by atoms with Gasteiger partial charge in [-0.2, -0.15) is 0 Å². The fourth-order valence-corrected chi connectivity index (χ4v) is 3.87. The molecule has 1 N–H and O–H groups in total. The summed E-state index contributed by atoms with van der Waals surface area (Å²) < 4.78 is 6.07. The van der Waals surface area contributed by atoms with Crippen molar-refractivity contribution in [1.82, 2.24) is 14.9 Å². The molecule has 2 aliphatic heterocycles. The SMILES string of the molecule is CC(=O)N1CC2(C1)OCc1cc(-c3cncc4cc[nH]c34)ccc12. The third-order valence-corrected chi connectivity index (χ3v) is 5.21. The molecule has 120 valence electrons. The number of nitrogens with one attached hydrogen (secondary N) is 1. The van der Waals surface area contributed by atoms with Crippen LogP contribution in [0.2, 0.25) is 0 Å². The van der Waals surface area contributed by atoms with Crippen molar-refractivity contribution in [2.45, 2.75) is 19.1 Å². The van der Waals surface area contributed by atoms with E-state index in [1.54, 1.807) is 6.92 Å². The van der Waals surface area contributed by atoms with Crippen molar-refractivity contribution in [2.24, 2.45) is 0 Å².